The molecule has 3 nitrogen and oxygen atoms in total. The molecule has 20 heavy (non-hydrogen) atoms. The van der Waals surface area contributed by atoms with Gasteiger partial charge in [-0.2, -0.15) is 13.2 Å². The number of aromatic nitrogens is 2. The average molecular weight is 277 g/mol. The van der Waals surface area contributed by atoms with Crippen molar-refractivity contribution in [2.24, 2.45) is 0 Å². The van der Waals surface area contributed by atoms with Crippen LogP contribution in [0.2, 0.25) is 0 Å². The lowest BCUT2D eigenvalue weighted by atomic mass is 10.1. The Labute approximate surface area is 112 Å². The SMILES string of the molecule is FC(F)(F)c1ccc(Nc2cc[nH]c2)c2cccnc12. The lowest BCUT2D eigenvalue weighted by molar-refractivity contribution is -0.136. The molecule has 0 saturated heterocycles. The van der Waals surface area contributed by atoms with Crippen molar-refractivity contribution in [1.82, 2.24) is 9.97 Å². The van der Waals surface area contributed by atoms with E-state index in [1.165, 1.54) is 12.3 Å². The van der Waals surface area contributed by atoms with Gasteiger partial charge in [-0.1, -0.05) is 0 Å². The molecule has 6 heteroatoms. The van der Waals surface area contributed by atoms with Crippen molar-refractivity contribution in [2.75, 3.05) is 5.32 Å². The van der Waals surface area contributed by atoms with Crippen LogP contribution < -0.4 is 5.32 Å². The van der Waals surface area contributed by atoms with Gasteiger partial charge in [0.05, 0.1) is 16.8 Å². The minimum atomic E-state index is -4.42. The predicted octanol–water partition coefficient (Wildman–Crippen LogP) is 4.33. The van der Waals surface area contributed by atoms with E-state index in [1.54, 1.807) is 30.6 Å². The van der Waals surface area contributed by atoms with Crippen molar-refractivity contribution >= 4 is 22.3 Å². The molecule has 0 amide bonds. The summed E-state index contributed by atoms with van der Waals surface area (Å²) < 4.78 is 38.9. The number of hydrogen-bond acceptors (Lipinski definition) is 2. The second-order valence-corrected chi connectivity index (χ2v) is 4.28. The lowest BCUT2D eigenvalue weighted by Crippen LogP contribution is -2.07. The second-order valence-electron chi connectivity index (χ2n) is 4.28. The number of anilines is 2. The van der Waals surface area contributed by atoms with Crippen molar-refractivity contribution < 1.29 is 13.2 Å². The number of alkyl halides is 3. The van der Waals surface area contributed by atoms with Crippen LogP contribution in [0.3, 0.4) is 0 Å². The molecule has 0 radical (unpaired) electrons. The fraction of sp³-hybridized carbons (Fsp3) is 0.0714. The minimum Gasteiger partial charge on any atom is -0.366 e. The van der Waals surface area contributed by atoms with Crippen LogP contribution in [0.5, 0.6) is 0 Å². The van der Waals surface area contributed by atoms with Gasteiger partial charge in [0.2, 0.25) is 0 Å². The largest absolute Gasteiger partial charge is 0.418 e. The van der Waals surface area contributed by atoms with Crippen LogP contribution in [0.4, 0.5) is 24.5 Å². The highest BCUT2D eigenvalue weighted by molar-refractivity contribution is 5.95. The molecule has 0 aliphatic carbocycles. The maximum atomic E-state index is 13.0. The Balaban J connectivity index is 2.16. The van der Waals surface area contributed by atoms with Gasteiger partial charge in [-0.15, -0.1) is 0 Å². The molecule has 2 N–H and O–H groups in total. The topological polar surface area (TPSA) is 40.7 Å². The molecule has 2 heterocycles. The Bertz CT molecular complexity index is 733. The number of benzene rings is 1. The number of H-pyrrole nitrogens is 1. The first kappa shape index (κ1) is 12.5. The van der Waals surface area contributed by atoms with E-state index in [2.05, 4.69) is 15.3 Å². The Morgan fingerprint density at radius 2 is 1.95 bits per heavy atom. The Morgan fingerprint density at radius 3 is 2.65 bits per heavy atom. The molecule has 3 rings (SSSR count). The van der Waals surface area contributed by atoms with E-state index in [0.29, 0.717) is 11.1 Å². The number of hydrogen-bond donors (Lipinski definition) is 2. The lowest BCUT2D eigenvalue weighted by Gasteiger charge is -2.13. The summed E-state index contributed by atoms with van der Waals surface area (Å²) in [6, 6.07) is 7.49. The molecule has 0 unspecified atom stereocenters. The highest BCUT2D eigenvalue weighted by Crippen LogP contribution is 2.37. The number of halogens is 3. The standard InChI is InChI=1S/C14H10F3N3/c15-14(16,17)11-3-4-12(20-9-5-7-18-8-9)10-2-1-6-19-13(10)11/h1-8,18,20H. The van der Waals surface area contributed by atoms with E-state index in [9.17, 15) is 13.2 Å². The van der Waals surface area contributed by atoms with E-state index in [1.807, 2.05) is 0 Å². The first-order valence-corrected chi connectivity index (χ1v) is 5.90. The van der Waals surface area contributed by atoms with E-state index in [0.717, 1.165) is 11.8 Å². The first-order valence-electron chi connectivity index (χ1n) is 5.90. The third kappa shape index (κ3) is 2.20. The van der Waals surface area contributed by atoms with E-state index < -0.39 is 11.7 Å². The predicted molar refractivity (Wildman–Crippen MR) is 70.8 cm³/mol. The first-order chi connectivity index (χ1) is 9.55. The Morgan fingerprint density at radius 1 is 1.10 bits per heavy atom. The minimum absolute atomic E-state index is 0.0551. The van der Waals surface area contributed by atoms with Gasteiger partial charge >= 0.3 is 6.18 Å². The number of nitrogens with zero attached hydrogens (tertiary/aromatic N) is 1. The molecule has 0 atom stereocenters. The van der Waals surface area contributed by atoms with Crippen molar-refractivity contribution in [1.29, 1.82) is 0 Å². The summed E-state index contributed by atoms with van der Waals surface area (Å²) in [5, 5.41) is 3.50. The summed E-state index contributed by atoms with van der Waals surface area (Å²) in [5.74, 6) is 0. The van der Waals surface area contributed by atoms with Crippen molar-refractivity contribution in [3.8, 4) is 0 Å². The molecule has 0 fully saturated rings. The van der Waals surface area contributed by atoms with Crippen molar-refractivity contribution in [3.63, 3.8) is 0 Å². The normalized spacial score (nSPS) is 11.8. The summed E-state index contributed by atoms with van der Waals surface area (Å²) in [5.41, 5.74) is 0.573. The zero-order chi connectivity index (χ0) is 14.2. The maximum absolute atomic E-state index is 13.0. The summed E-state index contributed by atoms with van der Waals surface area (Å²) >= 11 is 0. The van der Waals surface area contributed by atoms with Crippen molar-refractivity contribution in [3.05, 3.63) is 54.5 Å². The van der Waals surface area contributed by atoms with Gasteiger partial charge in [0.25, 0.3) is 0 Å². The summed E-state index contributed by atoms with van der Waals surface area (Å²) in [4.78, 5) is 6.75. The monoisotopic (exact) mass is 277 g/mol. The van der Waals surface area contributed by atoms with Gasteiger partial charge in [0, 0.05) is 29.7 Å². The molecule has 0 bridgehead atoms. The zero-order valence-electron chi connectivity index (χ0n) is 10.2. The molecular weight excluding hydrogens is 267 g/mol. The summed E-state index contributed by atoms with van der Waals surface area (Å²) in [6.07, 6.45) is 0.392. The molecule has 0 aliphatic heterocycles. The molecule has 0 aliphatic rings. The van der Waals surface area contributed by atoms with Crippen LogP contribution in [0.15, 0.2) is 48.9 Å². The molecular formula is C14H10F3N3. The van der Waals surface area contributed by atoms with Gasteiger partial charge in [-0.25, -0.2) is 0 Å². The fourth-order valence-corrected chi connectivity index (χ4v) is 2.07. The zero-order valence-corrected chi connectivity index (χ0v) is 10.2. The van der Waals surface area contributed by atoms with Gasteiger partial charge in [0.15, 0.2) is 0 Å². The third-order valence-corrected chi connectivity index (χ3v) is 2.95. The van der Waals surface area contributed by atoms with Crippen LogP contribution in [0.1, 0.15) is 5.56 Å². The second kappa shape index (κ2) is 4.56. The van der Waals surface area contributed by atoms with Crippen LogP contribution in [-0.4, -0.2) is 9.97 Å². The van der Waals surface area contributed by atoms with E-state index >= 15 is 0 Å². The molecule has 3 aromatic rings. The third-order valence-electron chi connectivity index (χ3n) is 2.95. The molecule has 102 valence electrons. The quantitative estimate of drug-likeness (QED) is 0.732. The molecule has 0 saturated carbocycles. The van der Waals surface area contributed by atoms with Crippen LogP contribution in [0.25, 0.3) is 10.9 Å². The number of pyridine rings is 1. The average Bonchev–Trinajstić information content (AvgIpc) is 2.90. The van der Waals surface area contributed by atoms with Crippen molar-refractivity contribution in [2.45, 2.75) is 6.18 Å². The number of fused-ring (bicyclic) bond motifs is 1. The number of nitrogens with one attached hydrogen (secondary N) is 2. The number of rotatable bonds is 2. The van der Waals surface area contributed by atoms with Gasteiger partial charge in [0.1, 0.15) is 0 Å². The van der Waals surface area contributed by atoms with Gasteiger partial charge in [-0.3, -0.25) is 4.98 Å². The summed E-state index contributed by atoms with van der Waals surface area (Å²) in [6.45, 7) is 0. The Kier molecular flexibility index (Phi) is 2.85. The summed E-state index contributed by atoms with van der Waals surface area (Å²) in [7, 11) is 0. The maximum Gasteiger partial charge on any atom is 0.418 e. The highest BCUT2D eigenvalue weighted by atomic mass is 19.4. The van der Waals surface area contributed by atoms with Crippen LogP contribution in [0, 0.1) is 0 Å². The van der Waals surface area contributed by atoms with Gasteiger partial charge < -0.3 is 10.3 Å². The molecule has 0 spiro atoms. The van der Waals surface area contributed by atoms with Crippen LogP contribution in [-0.2, 0) is 6.18 Å². The smallest absolute Gasteiger partial charge is 0.366 e. The van der Waals surface area contributed by atoms with Crippen LogP contribution >= 0.6 is 0 Å². The molecule has 1 aromatic carbocycles. The van der Waals surface area contributed by atoms with E-state index in [4.69, 9.17) is 0 Å². The number of aromatic amines is 1. The van der Waals surface area contributed by atoms with Gasteiger partial charge in [-0.05, 0) is 30.3 Å². The fourth-order valence-electron chi connectivity index (χ4n) is 2.07. The highest BCUT2D eigenvalue weighted by Gasteiger charge is 2.33. The Hall–Kier alpha value is -2.50. The molecule has 2 aromatic heterocycles. The van der Waals surface area contributed by atoms with E-state index in [-0.39, 0.29) is 5.52 Å².